The fourth-order valence-electron chi connectivity index (χ4n) is 3.43. The Kier molecular flexibility index (Phi) is 7.25. The molecule has 1 aromatic carbocycles. The van der Waals surface area contributed by atoms with E-state index in [2.05, 4.69) is 34.0 Å². The number of amides is 1. The van der Waals surface area contributed by atoms with E-state index in [1.54, 1.807) is 7.11 Å². The van der Waals surface area contributed by atoms with E-state index < -0.39 is 0 Å². The number of hydrogen-bond donors (Lipinski definition) is 0. The van der Waals surface area contributed by atoms with Gasteiger partial charge in [-0.05, 0) is 55.4 Å². The lowest BCUT2D eigenvalue weighted by atomic mass is 10.2. The number of pyridine rings is 1. The van der Waals surface area contributed by atoms with Crippen LogP contribution >= 0.6 is 0 Å². The van der Waals surface area contributed by atoms with Crippen molar-refractivity contribution in [2.75, 3.05) is 58.3 Å². The minimum absolute atomic E-state index is 0.255. The Labute approximate surface area is 167 Å². The van der Waals surface area contributed by atoms with Crippen LogP contribution < -0.4 is 9.64 Å². The van der Waals surface area contributed by atoms with E-state index in [1.165, 1.54) is 11.3 Å². The molecule has 0 saturated carbocycles. The minimum Gasteiger partial charge on any atom is -0.497 e. The maximum absolute atomic E-state index is 12.6. The average Bonchev–Trinajstić information content (AvgIpc) is 2.77. The Bertz CT molecular complexity index is 728. The van der Waals surface area contributed by atoms with Crippen LogP contribution in [0.3, 0.4) is 0 Å². The van der Waals surface area contributed by atoms with Gasteiger partial charge in [0.2, 0.25) is 5.91 Å². The second-order valence-corrected chi connectivity index (χ2v) is 7.22. The van der Waals surface area contributed by atoms with Gasteiger partial charge in [-0.25, -0.2) is 0 Å². The van der Waals surface area contributed by atoms with Crippen molar-refractivity contribution in [3.8, 4) is 5.75 Å². The number of anilines is 1. The summed E-state index contributed by atoms with van der Waals surface area (Å²) in [5.74, 6) is 1.12. The molecule has 1 aliphatic heterocycles. The fraction of sp³-hybridized carbons (Fsp3) is 0.455. The maximum Gasteiger partial charge on any atom is 0.223 e. The molecule has 0 spiro atoms. The number of carbonyl (C=O) groups excluding carboxylic acids is 1. The monoisotopic (exact) mass is 382 g/mol. The molecule has 1 aliphatic rings. The lowest BCUT2D eigenvalue weighted by Gasteiger charge is -2.36. The second kappa shape index (κ2) is 10.1. The molecule has 0 radical (unpaired) electrons. The number of methoxy groups -OCH3 is 1. The normalized spacial score (nSPS) is 14.4. The number of benzene rings is 1. The molecule has 0 N–H and O–H groups in total. The van der Waals surface area contributed by atoms with E-state index in [4.69, 9.17) is 4.74 Å². The van der Waals surface area contributed by atoms with E-state index in [0.29, 0.717) is 6.42 Å². The van der Waals surface area contributed by atoms with Crippen molar-refractivity contribution < 1.29 is 9.53 Å². The molecule has 0 unspecified atom stereocenters. The van der Waals surface area contributed by atoms with Gasteiger partial charge in [-0.15, -0.1) is 0 Å². The quantitative estimate of drug-likeness (QED) is 0.701. The molecule has 0 atom stereocenters. The van der Waals surface area contributed by atoms with E-state index in [0.717, 1.165) is 51.4 Å². The molecule has 0 bridgehead atoms. The summed E-state index contributed by atoms with van der Waals surface area (Å²) in [4.78, 5) is 23.2. The molecule has 1 saturated heterocycles. The highest BCUT2D eigenvalue weighted by Crippen LogP contribution is 2.20. The number of ether oxygens (including phenoxy) is 1. The first-order valence-corrected chi connectivity index (χ1v) is 9.90. The van der Waals surface area contributed by atoms with Gasteiger partial charge < -0.3 is 19.4 Å². The predicted molar refractivity (Wildman–Crippen MR) is 112 cm³/mol. The molecule has 2 heterocycles. The van der Waals surface area contributed by atoms with E-state index in [-0.39, 0.29) is 5.91 Å². The number of rotatable bonds is 8. The number of carbonyl (C=O) groups is 1. The van der Waals surface area contributed by atoms with Gasteiger partial charge in [0.05, 0.1) is 7.11 Å². The Morgan fingerprint density at radius 1 is 1.04 bits per heavy atom. The molecule has 1 amide bonds. The summed E-state index contributed by atoms with van der Waals surface area (Å²) in [6.07, 6.45) is 5.21. The molecule has 150 valence electrons. The molecular weight excluding hydrogens is 352 g/mol. The minimum atomic E-state index is 0.255. The van der Waals surface area contributed by atoms with E-state index in [1.807, 2.05) is 41.6 Å². The zero-order chi connectivity index (χ0) is 19.8. The van der Waals surface area contributed by atoms with E-state index in [9.17, 15) is 4.79 Å². The molecule has 28 heavy (non-hydrogen) atoms. The molecule has 3 rings (SSSR count). The van der Waals surface area contributed by atoms with Crippen molar-refractivity contribution in [1.29, 1.82) is 0 Å². The SMILES string of the molecule is COc1ccc(N2CCN(C(=O)CCN(C)CCc3ccncc3)CC2)cc1. The first-order chi connectivity index (χ1) is 13.7. The zero-order valence-electron chi connectivity index (χ0n) is 16.9. The Balaban J connectivity index is 1.37. The molecule has 1 fully saturated rings. The van der Waals surface area contributed by atoms with Crippen molar-refractivity contribution in [3.63, 3.8) is 0 Å². The molecule has 1 aromatic heterocycles. The highest BCUT2D eigenvalue weighted by Gasteiger charge is 2.21. The zero-order valence-corrected chi connectivity index (χ0v) is 16.9. The van der Waals surface area contributed by atoms with Gasteiger partial charge in [-0.2, -0.15) is 0 Å². The van der Waals surface area contributed by atoms with Gasteiger partial charge in [0, 0.05) is 63.8 Å². The van der Waals surface area contributed by atoms with Crippen molar-refractivity contribution in [3.05, 3.63) is 54.4 Å². The maximum atomic E-state index is 12.6. The standard InChI is InChI=1S/C22H30N4O2/c1-24(13-9-19-7-11-23-12-8-19)14-10-22(27)26-17-15-25(16-18-26)20-3-5-21(28-2)6-4-20/h3-8,11-12H,9-10,13-18H2,1-2H3. The largest absolute Gasteiger partial charge is 0.497 e. The molecular formula is C22H30N4O2. The number of nitrogens with zero attached hydrogens (tertiary/aromatic N) is 4. The van der Waals surface area contributed by atoms with Crippen molar-refractivity contribution in [2.45, 2.75) is 12.8 Å². The summed E-state index contributed by atoms with van der Waals surface area (Å²) in [5.41, 5.74) is 2.46. The van der Waals surface area contributed by atoms with Crippen LogP contribution in [-0.2, 0) is 11.2 Å². The smallest absolute Gasteiger partial charge is 0.223 e. The van der Waals surface area contributed by atoms with E-state index >= 15 is 0 Å². The first-order valence-electron chi connectivity index (χ1n) is 9.90. The predicted octanol–water partition coefficient (Wildman–Crippen LogP) is 2.30. The first kappa shape index (κ1) is 20.1. The van der Waals surface area contributed by atoms with Crippen LogP contribution in [0.15, 0.2) is 48.8 Å². The van der Waals surface area contributed by atoms with Crippen LogP contribution in [0, 0.1) is 0 Å². The van der Waals surface area contributed by atoms with Crippen molar-refractivity contribution in [1.82, 2.24) is 14.8 Å². The third-order valence-electron chi connectivity index (χ3n) is 5.31. The molecule has 2 aromatic rings. The topological polar surface area (TPSA) is 48.9 Å². The number of hydrogen-bond acceptors (Lipinski definition) is 5. The summed E-state index contributed by atoms with van der Waals surface area (Å²) in [6, 6.07) is 12.2. The lowest BCUT2D eigenvalue weighted by molar-refractivity contribution is -0.131. The number of aromatic nitrogens is 1. The Morgan fingerprint density at radius 2 is 1.71 bits per heavy atom. The number of likely N-dealkylation sites (N-methyl/N-ethyl adjacent to an activating group) is 1. The van der Waals surface area contributed by atoms with Gasteiger partial charge in [0.1, 0.15) is 5.75 Å². The summed E-state index contributed by atoms with van der Waals surface area (Å²) >= 11 is 0. The summed E-state index contributed by atoms with van der Waals surface area (Å²) in [5, 5.41) is 0. The van der Waals surface area contributed by atoms with Gasteiger partial charge in [0.25, 0.3) is 0 Å². The van der Waals surface area contributed by atoms with Gasteiger partial charge in [-0.3, -0.25) is 9.78 Å². The highest BCUT2D eigenvalue weighted by molar-refractivity contribution is 5.76. The van der Waals surface area contributed by atoms with Crippen LogP contribution in [0.5, 0.6) is 5.75 Å². The van der Waals surface area contributed by atoms with Crippen molar-refractivity contribution >= 4 is 11.6 Å². The van der Waals surface area contributed by atoms with Gasteiger partial charge >= 0.3 is 0 Å². The van der Waals surface area contributed by atoms with Crippen LogP contribution in [0.25, 0.3) is 0 Å². The molecule has 6 nitrogen and oxygen atoms in total. The Morgan fingerprint density at radius 3 is 2.36 bits per heavy atom. The number of piperazine rings is 1. The van der Waals surface area contributed by atoms with Gasteiger partial charge in [-0.1, -0.05) is 0 Å². The van der Waals surface area contributed by atoms with Crippen molar-refractivity contribution in [2.24, 2.45) is 0 Å². The van der Waals surface area contributed by atoms with Crippen LogP contribution in [0.4, 0.5) is 5.69 Å². The second-order valence-electron chi connectivity index (χ2n) is 7.22. The average molecular weight is 383 g/mol. The summed E-state index contributed by atoms with van der Waals surface area (Å²) in [6.45, 7) is 5.05. The summed E-state index contributed by atoms with van der Waals surface area (Å²) in [7, 11) is 3.76. The van der Waals surface area contributed by atoms with Gasteiger partial charge in [0.15, 0.2) is 0 Å². The van der Waals surface area contributed by atoms with Crippen LogP contribution in [-0.4, -0.2) is 74.1 Å². The molecule has 0 aliphatic carbocycles. The Hall–Kier alpha value is -2.60. The van der Waals surface area contributed by atoms with Crippen LogP contribution in [0.1, 0.15) is 12.0 Å². The third-order valence-corrected chi connectivity index (χ3v) is 5.31. The lowest BCUT2D eigenvalue weighted by Crippen LogP contribution is -2.49. The highest BCUT2D eigenvalue weighted by atomic mass is 16.5. The fourth-order valence-corrected chi connectivity index (χ4v) is 3.43. The van der Waals surface area contributed by atoms with Crippen LogP contribution in [0.2, 0.25) is 0 Å². The third kappa shape index (κ3) is 5.70. The molecule has 6 heteroatoms. The summed E-state index contributed by atoms with van der Waals surface area (Å²) < 4.78 is 5.22.